The number of rotatable bonds is 8. The van der Waals surface area contributed by atoms with Crippen molar-refractivity contribution in [1.82, 2.24) is 0 Å². The molecule has 0 N–H and O–H groups in total. The summed E-state index contributed by atoms with van der Waals surface area (Å²) >= 11 is 0. The highest BCUT2D eigenvalue weighted by atomic mass is 16.5. The van der Waals surface area contributed by atoms with Gasteiger partial charge in [-0.2, -0.15) is 0 Å². The number of ketones is 1. The Morgan fingerprint density at radius 1 is 1.05 bits per heavy atom. The number of carbonyl (C=O) groups excluding carboxylic acids is 1. The topological polar surface area (TPSA) is 35.5 Å². The van der Waals surface area contributed by atoms with Gasteiger partial charge >= 0.3 is 0 Å². The average Bonchev–Trinajstić information content (AvgIpc) is 2.37. The number of ether oxygens (including phenoxy) is 2. The van der Waals surface area contributed by atoms with Crippen LogP contribution >= 0.6 is 0 Å². The minimum Gasteiger partial charge on any atom is -0.379 e. The quantitative estimate of drug-likeness (QED) is 0.532. The maximum atomic E-state index is 11.8. The molecule has 0 aliphatic heterocycles. The number of carbonyl (C=O) groups is 1. The molecule has 0 radical (unpaired) electrons. The van der Waals surface area contributed by atoms with Crippen molar-refractivity contribution in [3.63, 3.8) is 0 Å². The molecule has 1 aromatic carbocycles. The highest BCUT2D eigenvalue weighted by Crippen LogP contribution is 2.07. The van der Waals surface area contributed by atoms with Gasteiger partial charge in [-0.05, 0) is 27.2 Å². The monoisotopic (exact) mass is 264 g/mol. The Morgan fingerprint density at radius 2 is 1.74 bits per heavy atom. The highest BCUT2D eigenvalue weighted by molar-refractivity contribution is 5.95. The van der Waals surface area contributed by atoms with E-state index in [1.807, 2.05) is 51.1 Å². The molecule has 0 amide bonds. The molecule has 0 saturated carbocycles. The van der Waals surface area contributed by atoms with E-state index in [9.17, 15) is 4.79 Å². The molecular formula is C16H24O3. The number of hydrogen-bond donors (Lipinski definition) is 0. The maximum absolute atomic E-state index is 11.8. The van der Waals surface area contributed by atoms with E-state index in [4.69, 9.17) is 9.47 Å². The largest absolute Gasteiger partial charge is 0.379 e. The van der Waals surface area contributed by atoms with Crippen molar-refractivity contribution in [3.05, 3.63) is 35.9 Å². The second-order valence-corrected chi connectivity index (χ2v) is 5.47. The lowest BCUT2D eigenvalue weighted by molar-refractivity contribution is -0.0350. The third kappa shape index (κ3) is 7.75. The van der Waals surface area contributed by atoms with E-state index in [0.717, 1.165) is 12.0 Å². The van der Waals surface area contributed by atoms with Crippen LogP contribution in [0.4, 0.5) is 0 Å². The van der Waals surface area contributed by atoms with Crippen molar-refractivity contribution in [2.45, 2.75) is 39.2 Å². The minimum atomic E-state index is -0.118. The number of benzene rings is 1. The van der Waals surface area contributed by atoms with Gasteiger partial charge in [-0.25, -0.2) is 0 Å². The van der Waals surface area contributed by atoms with Gasteiger partial charge < -0.3 is 9.47 Å². The van der Waals surface area contributed by atoms with Crippen LogP contribution in [0.15, 0.2) is 30.3 Å². The van der Waals surface area contributed by atoms with Crippen molar-refractivity contribution in [3.8, 4) is 0 Å². The first-order valence-corrected chi connectivity index (χ1v) is 6.79. The van der Waals surface area contributed by atoms with E-state index in [1.165, 1.54) is 0 Å². The van der Waals surface area contributed by atoms with Gasteiger partial charge in [0.15, 0.2) is 5.78 Å². The van der Waals surface area contributed by atoms with Crippen LogP contribution in [0.5, 0.6) is 0 Å². The van der Waals surface area contributed by atoms with Crippen molar-refractivity contribution in [1.29, 1.82) is 0 Å². The SMILES string of the molecule is CC(C)(C)OCCOCCCC(=O)c1ccccc1. The summed E-state index contributed by atoms with van der Waals surface area (Å²) < 4.78 is 11.0. The van der Waals surface area contributed by atoms with Gasteiger partial charge in [-0.1, -0.05) is 30.3 Å². The fraction of sp³-hybridized carbons (Fsp3) is 0.562. The van der Waals surface area contributed by atoms with E-state index in [-0.39, 0.29) is 11.4 Å². The average molecular weight is 264 g/mol. The number of Topliss-reactive ketones (excluding diaryl/α,β-unsaturated/α-hetero) is 1. The molecule has 0 fully saturated rings. The summed E-state index contributed by atoms with van der Waals surface area (Å²) in [7, 11) is 0. The standard InChI is InChI=1S/C16H24O3/c1-16(2,3)19-13-12-18-11-7-10-15(17)14-8-5-4-6-9-14/h4-6,8-9H,7,10-13H2,1-3H3. The molecule has 1 rings (SSSR count). The Labute approximate surface area is 115 Å². The zero-order valence-corrected chi connectivity index (χ0v) is 12.1. The molecule has 0 spiro atoms. The Balaban J connectivity index is 2.04. The summed E-state index contributed by atoms with van der Waals surface area (Å²) in [5, 5.41) is 0. The predicted molar refractivity (Wildman–Crippen MR) is 76.5 cm³/mol. The predicted octanol–water partition coefficient (Wildman–Crippen LogP) is 3.48. The maximum Gasteiger partial charge on any atom is 0.162 e. The first kappa shape index (κ1) is 15.9. The molecule has 0 atom stereocenters. The molecule has 0 unspecified atom stereocenters. The molecule has 0 bridgehead atoms. The van der Waals surface area contributed by atoms with Crippen molar-refractivity contribution < 1.29 is 14.3 Å². The molecule has 0 heterocycles. The van der Waals surface area contributed by atoms with Gasteiger partial charge in [0.2, 0.25) is 0 Å². The van der Waals surface area contributed by atoms with Crippen LogP contribution in [0.2, 0.25) is 0 Å². The van der Waals surface area contributed by atoms with Crippen LogP contribution in [-0.4, -0.2) is 31.2 Å². The molecule has 0 aliphatic rings. The Kier molecular flexibility index (Phi) is 6.74. The van der Waals surface area contributed by atoms with Crippen LogP contribution in [0, 0.1) is 0 Å². The van der Waals surface area contributed by atoms with Crippen LogP contribution in [0.3, 0.4) is 0 Å². The fourth-order valence-corrected chi connectivity index (χ4v) is 1.61. The van der Waals surface area contributed by atoms with E-state index < -0.39 is 0 Å². The van der Waals surface area contributed by atoms with E-state index in [1.54, 1.807) is 0 Å². The second kappa shape index (κ2) is 8.08. The fourth-order valence-electron chi connectivity index (χ4n) is 1.61. The summed E-state index contributed by atoms with van der Waals surface area (Å²) in [6, 6.07) is 9.37. The first-order valence-electron chi connectivity index (χ1n) is 6.79. The Morgan fingerprint density at radius 3 is 2.37 bits per heavy atom. The second-order valence-electron chi connectivity index (χ2n) is 5.47. The third-order valence-corrected chi connectivity index (χ3v) is 2.55. The minimum absolute atomic E-state index is 0.118. The van der Waals surface area contributed by atoms with E-state index >= 15 is 0 Å². The molecule has 106 valence electrons. The zero-order chi connectivity index (χ0) is 14.1. The lowest BCUT2D eigenvalue weighted by Crippen LogP contribution is -2.21. The van der Waals surface area contributed by atoms with Gasteiger partial charge in [0, 0.05) is 18.6 Å². The third-order valence-electron chi connectivity index (χ3n) is 2.55. The normalized spacial score (nSPS) is 11.5. The summed E-state index contributed by atoms with van der Waals surface area (Å²) in [6.07, 6.45) is 1.29. The first-order chi connectivity index (χ1) is 8.99. The highest BCUT2D eigenvalue weighted by Gasteiger charge is 2.09. The van der Waals surface area contributed by atoms with Gasteiger partial charge in [-0.15, -0.1) is 0 Å². The molecular weight excluding hydrogens is 240 g/mol. The number of hydrogen-bond acceptors (Lipinski definition) is 3. The van der Waals surface area contributed by atoms with Crippen molar-refractivity contribution in [2.24, 2.45) is 0 Å². The molecule has 0 aromatic heterocycles. The molecule has 0 aliphatic carbocycles. The van der Waals surface area contributed by atoms with Gasteiger partial charge in [0.25, 0.3) is 0 Å². The Hall–Kier alpha value is -1.19. The lowest BCUT2D eigenvalue weighted by Gasteiger charge is -2.19. The summed E-state index contributed by atoms with van der Waals surface area (Å²) in [5.41, 5.74) is 0.658. The van der Waals surface area contributed by atoms with Gasteiger partial charge in [-0.3, -0.25) is 4.79 Å². The van der Waals surface area contributed by atoms with Crippen molar-refractivity contribution in [2.75, 3.05) is 19.8 Å². The van der Waals surface area contributed by atoms with E-state index in [2.05, 4.69) is 0 Å². The molecule has 1 aromatic rings. The zero-order valence-electron chi connectivity index (χ0n) is 12.1. The van der Waals surface area contributed by atoms with Gasteiger partial charge in [0.05, 0.1) is 18.8 Å². The summed E-state index contributed by atoms with van der Waals surface area (Å²) in [5.74, 6) is 0.176. The van der Waals surface area contributed by atoms with Crippen LogP contribution in [0.25, 0.3) is 0 Å². The molecule has 3 heteroatoms. The van der Waals surface area contributed by atoms with Gasteiger partial charge in [0.1, 0.15) is 0 Å². The molecule has 19 heavy (non-hydrogen) atoms. The summed E-state index contributed by atoms with van der Waals surface area (Å²) in [6.45, 7) is 7.83. The summed E-state index contributed by atoms with van der Waals surface area (Å²) in [4.78, 5) is 11.8. The van der Waals surface area contributed by atoms with Crippen LogP contribution in [-0.2, 0) is 9.47 Å². The molecule has 0 saturated heterocycles. The lowest BCUT2D eigenvalue weighted by atomic mass is 10.1. The van der Waals surface area contributed by atoms with Crippen molar-refractivity contribution >= 4 is 5.78 Å². The smallest absolute Gasteiger partial charge is 0.162 e. The van der Waals surface area contributed by atoms with Crippen LogP contribution < -0.4 is 0 Å². The Bertz CT molecular complexity index is 365. The van der Waals surface area contributed by atoms with Crippen LogP contribution in [0.1, 0.15) is 44.0 Å². The van der Waals surface area contributed by atoms with E-state index in [0.29, 0.717) is 26.2 Å². The molecule has 3 nitrogen and oxygen atoms in total.